The second kappa shape index (κ2) is 7.88. The summed E-state index contributed by atoms with van der Waals surface area (Å²) in [7, 11) is 0. The van der Waals surface area contributed by atoms with Gasteiger partial charge in [-0.2, -0.15) is 0 Å². The quantitative estimate of drug-likeness (QED) is 0.836. The molecule has 0 unspecified atom stereocenters. The standard InChI is InChI=1S/C18H18ClN3O3S/c1-11-4-5-12(13(19)9-11)10-20-17(24)14-6-7-16(23)22(14)18(25)21-15-3-2-8-26-15/h2-5,8-9,14H,6-7,10H2,1H3,(H,20,24)(H,21,25)/t14-/m0/s1. The molecule has 8 heteroatoms. The number of halogens is 1. The van der Waals surface area contributed by atoms with Crippen LogP contribution in [0.4, 0.5) is 9.80 Å². The third kappa shape index (κ3) is 4.05. The summed E-state index contributed by atoms with van der Waals surface area (Å²) in [6.07, 6.45) is 0.478. The van der Waals surface area contributed by atoms with E-state index in [1.807, 2.05) is 30.5 Å². The maximum Gasteiger partial charge on any atom is 0.329 e. The van der Waals surface area contributed by atoms with Crippen LogP contribution in [-0.4, -0.2) is 28.8 Å². The van der Waals surface area contributed by atoms with Gasteiger partial charge in [0, 0.05) is 18.0 Å². The topological polar surface area (TPSA) is 78.5 Å². The number of thiophene rings is 1. The monoisotopic (exact) mass is 391 g/mol. The van der Waals surface area contributed by atoms with Crippen LogP contribution in [0.2, 0.25) is 5.02 Å². The first-order valence-corrected chi connectivity index (χ1v) is 9.41. The van der Waals surface area contributed by atoms with Gasteiger partial charge < -0.3 is 5.32 Å². The Kier molecular flexibility index (Phi) is 5.58. The summed E-state index contributed by atoms with van der Waals surface area (Å²) >= 11 is 7.52. The highest BCUT2D eigenvalue weighted by Gasteiger charge is 2.40. The maximum absolute atomic E-state index is 12.5. The van der Waals surface area contributed by atoms with Gasteiger partial charge in [-0.05, 0) is 48.1 Å². The molecule has 1 aromatic carbocycles. The van der Waals surface area contributed by atoms with Crippen molar-refractivity contribution < 1.29 is 14.4 Å². The first-order valence-electron chi connectivity index (χ1n) is 8.15. The molecular formula is C18H18ClN3O3S. The van der Waals surface area contributed by atoms with Gasteiger partial charge in [-0.1, -0.05) is 23.7 Å². The number of benzene rings is 1. The SMILES string of the molecule is Cc1ccc(CNC(=O)[C@@H]2CCC(=O)N2C(=O)Nc2cccs2)c(Cl)c1. The molecule has 26 heavy (non-hydrogen) atoms. The molecule has 0 radical (unpaired) electrons. The Morgan fingerprint density at radius 3 is 2.85 bits per heavy atom. The normalized spacial score (nSPS) is 16.6. The fourth-order valence-electron chi connectivity index (χ4n) is 2.80. The number of likely N-dealkylation sites (tertiary alicyclic amines) is 1. The minimum Gasteiger partial charge on any atom is -0.350 e. The van der Waals surface area contributed by atoms with Crippen LogP contribution in [0.25, 0.3) is 0 Å². The molecule has 0 spiro atoms. The summed E-state index contributed by atoms with van der Waals surface area (Å²) in [5, 5.41) is 8.43. The Morgan fingerprint density at radius 2 is 2.15 bits per heavy atom. The summed E-state index contributed by atoms with van der Waals surface area (Å²) < 4.78 is 0. The van der Waals surface area contributed by atoms with Gasteiger partial charge in [0.15, 0.2) is 0 Å². The molecule has 3 rings (SSSR count). The van der Waals surface area contributed by atoms with Crippen molar-refractivity contribution >= 4 is 45.8 Å². The van der Waals surface area contributed by atoms with Gasteiger partial charge in [0.05, 0.1) is 5.00 Å². The molecular weight excluding hydrogens is 374 g/mol. The highest BCUT2D eigenvalue weighted by atomic mass is 35.5. The van der Waals surface area contributed by atoms with Gasteiger partial charge in [0.1, 0.15) is 6.04 Å². The number of aryl methyl sites for hydroxylation is 1. The summed E-state index contributed by atoms with van der Waals surface area (Å²) in [4.78, 5) is 38.0. The predicted octanol–water partition coefficient (Wildman–Crippen LogP) is 3.55. The van der Waals surface area contributed by atoms with Crippen LogP contribution in [0.3, 0.4) is 0 Å². The lowest BCUT2D eigenvalue weighted by Crippen LogP contribution is -2.48. The largest absolute Gasteiger partial charge is 0.350 e. The number of anilines is 1. The summed E-state index contributed by atoms with van der Waals surface area (Å²) in [5.41, 5.74) is 1.81. The van der Waals surface area contributed by atoms with E-state index >= 15 is 0 Å². The molecule has 0 bridgehead atoms. The van der Waals surface area contributed by atoms with E-state index in [1.165, 1.54) is 11.3 Å². The van der Waals surface area contributed by atoms with Crippen LogP contribution in [0.5, 0.6) is 0 Å². The molecule has 0 saturated carbocycles. The zero-order valence-electron chi connectivity index (χ0n) is 14.1. The lowest BCUT2D eigenvalue weighted by molar-refractivity contribution is -0.132. The lowest BCUT2D eigenvalue weighted by Gasteiger charge is -2.22. The average molecular weight is 392 g/mol. The van der Waals surface area contributed by atoms with E-state index in [1.54, 1.807) is 12.1 Å². The van der Waals surface area contributed by atoms with Gasteiger partial charge in [-0.3, -0.25) is 19.8 Å². The zero-order chi connectivity index (χ0) is 18.7. The van der Waals surface area contributed by atoms with E-state index in [2.05, 4.69) is 10.6 Å². The van der Waals surface area contributed by atoms with Gasteiger partial charge in [0.25, 0.3) is 0 Å². The first-order chi connectivity index (χ1) is 12.5. The second-order valence-corrected chi connectivity index (χ2v) is 7.39. The molecule has 2 N–H and O–H groups in total. The number of carbonyl (C=O) groups excluding carboxylic acids is 3. The molecule has 2 heterocycles. The summed E-state index contributed by atoms with van der Waals surface area (Å²) in [6.45, 7) is 2.17. The van der Waals surface area contributed by atoms with Crippen molar-refractivity contribution in [3.63, 3.8) is 0 Å². The minimum atomic E-state index is -0.813. The van der Waals surface area contributed by atoms with Crippen LogP contribution >= 0.6 is 22.9 Å². The van der Waals surface area contributed by atoms with Crippen molar-refractivity contribution in [3.8, 4) is 0 Å². The molecule has 1 fully saturated rings. The Balaban J connectivity index is 1.65. The number of amides is 4. The average Bonchev–Trinajstić information content (AvgIpc) is 3.23. The number of urea groups is 1. The van der Waals surface area contributed by atoms with Crippen LogP contribution in [-0.2, 0) is 16.1 Å². The molecule has 0 aliphatic carbocycles. The van der Waals surface area contributed by atoms with Gasteiger partial charge in [0.2, 0.25) is 11.8 Å². The van der Waals surface area contributed by atoms with Crippen molar-refractivity contribution in [2.24, 2.45) is 0 Å². The van der Waals surface area contributed by atoms with Crippen LogP contribution in [0.1, 0.15) is 24.0 Å². The molecule has 1 saturated heterocycles. The molecule has 1 aliphatic rings. The van der Waals surface area contributed by atoms with Crippen LogP contribution in [0.15, 0.2) is 35.7 Å². The molecule has 1 atom stereocenters. The van der Waals surface area contributed by atoms with E-state index in [-0.39, 0.29) is 24.8 Å². The van der Waals surface area contributed by atoms with Crippen molar-refractivity contribution in [1.82, 2.24) is 10.2 Å². The van der Waals surface area contributed by atoms with Crippen LogP contribution in [0, 0.1) is 6.92 Å². The number of nitrogens with one attached hydrogen (secondary N) is 2. The van der Waals surface area contributed by atoms with E-state index in [0.717, 1.165) is 16.0 Å². The highest BCUT2D eigenvalue weighted by molar-refractivity contribution is 7.14. The second-order valence-electron chi connectivity index (χ2n) is 6.04. The summed E-state index contributed by atoms with van der Waals surface area (Å²) in [5.74, 6) is -0.721. The number of hydrogen-bond donors (Lipinski definition) is 2. The van der Waals surface area contributed by atoms with Gasteiger partial charge >= 0.3 is 6.03 Å². The number of rotatable bonds is 4. The fraction of sp³-hybridized carbons (Fsp3) is 0.278. The van der Waals surface area contributed by atoms with Crippen LogP contribution < -0.4 is 10.6 Å². The summed E-state index contributed by atoms with van der Waals surface area (Å²) in [6, 6.07) is 7.71. The Hall–Kier alpha value is -2.38. The lowest BCUT2D eigenvalue weighted by atomic mass is 10.1. The van der Waals surface area contributed by atoms with Crippen molar-refractivity contribution in [2.75, 3.05) is 5.32 Å². The van der Waals surface area contributed by atoms with Crippen molar-refractivity contribution in [1.29, 1.82) is 0 Å². The Labute approximate surface area is 160 Å². The van der Waals surface area contributed by atoms with Gasteiger partial charge in [-0.25, -0.2) is 4.79 Å². The Bertz CT molecular complexity index is 838. The molecule has 2 aromatic rings. The molecule has 4 amide bonds. The van der Waals surface area contributed by atoms with Crippen molar-refractivity contribution in [2.45, 2.75) is 32.4 Å². The smallest absolute Gasteiger partial charge is 0.329 e. The van der Waals surface area contributed by atoms with E-state index in [0.29, 0.717) is 16.4 Å². The third-order valence-corrected chi connectivity index (χ3v) is 5.28. The number of hydrogen-bond acceptors (Lipinski definition) is 4. The third-order valence-electron chi connectivity index (χ3n) is 4.15. The molecule has 1 aromatic heterocycles. The highest BCUT2D eigenvalue weighted by Crippen LogP contribution is 2.23. The van der Waals surface area contributed by atoms with E-state index < -0.39 is 12.1 Å². The molecule has 6 nitrogen and oxygen atoms in total. The predicted molar refractivity (Wildman–Crippen MR) is 101 cm³/mol. The minimum absolute atomic E-state index is 0.168. The number of carbonyl (C=O) groups is 3. The molecule has 1 aliphatic heterocycles. The first kappa shape index (κ1) is 18.4. The fourth-order valence-corrected chi connectivity index (χ4v) is 3.71. The zero-order valence-corrected chi connectivity index (χ0v) is 15.7. The number of nitrogens with zero attached hydrogens (tertiary/aromatic N) is 1. The van der Waals surface area contributed by atoms with Gasteiger partial charge in [-0.15, -0.1) is 11.3 Å². The number of imide groups is 1. The Morgan fingerprint density at radius 1 is 1.35 bits per heavy atom. The van der Waals surface area contributed by atoms with E-state index in [4.69, 9.17) is 11.6 Å². The van der Waals surface area contributed by atoms with Crippen molar-refractivity contribution in [3.05, 3.63) is 51.9 Å². The van der Waals surface area contributed by atoms with E-state index in [9.17, 15) is 14.4 Å². The molecule has 136 valence electrons. The maximum atomic E-state index is 12.5.